The number of aromatic nitrogens is 2. The van der Waals surface area contributed by atoms with Gasteiger partial charge in [0, 0.05) is 19.3 Å². The second kappa shape index (κ2) is 8.21. The van der Waals surface area contributed by atoms with Crippen LogP contribution in [-0.4, -0.2) is 27.6 Å². The quantitative estimate of drug-likeness (QED) is 0.653. The Kier molecular flexibility index (Phi) is 5.75. The van der Waals surface area contributed by atoms with E-state index in [4.69, 9.17) is 0 Å². The number of rotatable bonds is 6. The number of hydrogen-bond acceptors (Lipinski definition) is 2. The van der Waals surface area contributed by atoms with Crippen molar-refractivity contribution < 1.29 is 4.79 Å². The Labute approximate surface area is 161 Å². The zero-order valence-electron chi connectivity index (χ0n) is 16.6. The smallest absolute Gasteiger partial charge is 0.257 e. The van der Waals surface area contributed by atoms with E-state index < -0.39 is 0 Å². The highest BCUT2D eigenvalue weighted by Crippen LogP contribution is 2.18. The van der Waals surface area contributed by atoms with E-state index in [-0.39, 0.29) is 5.91 Å². The third kappa shape index (κ3) is 4.27. The van der Waals surface area contributed by atoms with E-state index in [9.17, 15) is 4.79 Å². The van der Waals surface area contributed by atoms with Gasteiger partial charge in [-0.25, -0.2) is 0 Å². The minimum Gasteiger partial charge on any atom is -0.337 e. The van der Waals surface area contributed by atoms with Crippen molar-refractivity contribution in [3.63, 3.8) is 0 Å². The summed E-state index contributed by atoms with van der Waals surface area (Å²) >= 11 is 0. The molecule has 140 valence electrons. The third-order valence-electron chi connectivity index (χ3n) is 4.97. The molecule has 1 aromatic heterocycles. The van der Waals surface area contributed by atoms with E-state index in [1.54, 1.807) is 4.90 Å². The summed E-state index contributed by atoms with van der Waals surface area (Å²) in [5.41, 5.74) is 6.01. The first-order valence-electron chi connectivity index (χ1n) is 9.40. The van der Waals surface area contributed by atoms with Crippen molar-refractivity contribution >= 4 is 5.91 Å². The van der Waals surface area contributed by atoms with E-state index in [1.807, 2.05) is 43.8 Å². The predicted molar refractivity (Wildman–Crippen MR) is 109 cm³/mol. The Bertz CT molecular complexity index is 911. The molecule has 1 heterocycles. The molecule has 0 aliphatic rings. The maximum atomic E-state index is 13.1. The summed E-state index contributed by atoms with van der Waals surface area (Å²) in [6.45, 7) is 7.28. The van der Waals surface area contributed by atoms with Gasteiger partial charge >= 0.3 is 0 Å². The van der Waals surface area contributed by atoms with E-state index in [0.717, 1.165) is 23.4 Å². The summed E-state index contributed by atoms with van der Waals surface area (Å²) in [7, 11) is 1.85. The van der Waals surface area contributed by atoms with Crippen molar-refractivity contribution in [1.29, 1.82) is 0 Å². The van der Waals surface area contributed by atoms with Crippen molar-refractivity contribution in [2.45, 2.75) is 40.3 Å². The third-order valence-corrected chi connectivity index (χ3v) is 4.97. The van der Waals surface area contributed by atoms with Crippen molar-refractivity contribution in [2.24, 2.45) is 0 Å². The molecule has 0 N–H and O–H groups in total. The number of hydrogen-bond donors (Lipinski definition) is 0. The summed E-state index contributed by atoms with van der Waals surface area (Å²) in [6, 6.07) is 18.6. The SMILES string of the molecule is CCc1ccc(CN(C)C(=O)c2c(C)nn(Cc3ccccc3)c2C)cc1. The normalized spacial score (nSPS) is 10.8. The highest BCUT2D eigenvalue weighted by atomic mass is 16.2. The molecule has 0 saturated carbocycles. The maximum Gasteiger partial charge on any atom is 0.257 e. The lowest BCUT2D eigenvalue weighted by atomic mass is 10.1. The molecular formula is C23H27N3O. The Balaban J connectivity index is 1.77. The number of aryl methyl sites for hydroxylation is 2. The van der Waals surface area contributed by atoms with Crippen LogP contribution < -0.4 is 0 Å². The average Bonchev–Trinajstić information content (AvgIpc) is 2.95. The number of benzene rings is 2. The minimum absolute atomic E-state index is 0.0175. The van der Waals surface area contributed by atoms with Crippen LogP contribution in [0.1, 0.15) is 45.4 Å². The Morgan fingerprint density at radius 2 is 1.59 bits per heavy atom. The molecule has 1 amide bonds. The first kappa shape index (κ1) is 18.9. The molecule has 0 unspecified atom stereocenters. The fourth-order valence-corrected chi connectivity index (χ4v) is 3.33. The Morgan fingerprint density at radius 3 is 2.22 bits per heavy atom. The first-order chi connectivity index (χ1) is 13.0. The van der Waals surface area contributed by atoms with Crippen molar-refractivity contribution in [3.8, 4) is 0 Å². The largest absolute Gasteiger partial charge is 0.337 e. The van der Waals surface area contributed by atoms with Crippen LogP contribution in [0.5, 0.6) is 0 Å². The standard InChI is InChI=1S/C23H27N3O/c1-5-19-11-13-21(14-12-19)15-25(4)23(27)22-17(2)24-26(18(22)3)16-20-9-7-6-8-10-20/h6-14H,5,15-16H2,1-4H3. The highest BCUT2D eigenvalue weighted by Gasteiger charge is 2.22. The highest BCUT2D eigenvalue weighted by molar-refractivity contribution is 5.96. The van der Waals surface area contributed by atoms with Crippen LogP contribution in [0.2, 0.25) is 0 Å². The summed E-state index contributed by atoms with van der Waals surface area (Å²) in [4.78, 5) is 14.8. The minimum atomic E-state index is 0.0175. The van der Waals surface area contributed by atoms with E-state index in [1.165, 1.54) is 11.1 Å². The molecule has 27 heavy (non-hydrogen) atoms. The molecule has 4 nitrogen and oxygen atoms in total. The second-order valence-corrected chi connectivity index (χ2v) is 7.02. The fourth-order valence-electron chi connectivity index (χ4n) is 3.33. The lowest BCUT2D eigenvalue weighted by Gasteiger charge is -2.18. The molecule has 3 aromatic rings. The van der Waals surface area contributed by atoms with Gasteiger partial charge in [0.2, 0.25) is 0 Å². The van der Waals surface area contributed by atoms with Gasteiger partial charge in [-0.1, -0.05) is 61.5 Å². The second-order valence-electron chi connectivity index (χ2n) is 7.02. The molecule has 0 radical (unpaired) electrons. The van der Waals surface area contributed by atoms with Gasteiger partial charge in [-0.2, -0.15) is 5.10 Å². The first-order valence-corrected chi connectivity index (χ1v) is 9.40. The summed E-state index contributed by atoms with van der Waals surface area (Å²) < 4.78 is 1.92. The van der Waals surface area contributed by atoms with Crippen LogP contribution in [0.4, 0.5) is 0 Å². The molecule has 0 fully saturated rings. The van der Waals surface area contributed by atoms with E-state index in [2.05, 4.69) is 48.4 Å². The van der Waals surface area contributed by atoms with Gasteiger partial charge in [0.25, 0.3) is 5.91 Å². The van der Waals surface area contributed by atoms with Crippen molar-refractivity contribution in [2.75, 3.05) is 7.05 Å². The van der Waals surface area contributed by atoms with Crippen LogP contribution in [0.15, 0.2) is 54.6 Å². The van der Waals surface area contributed by atoms with Crippen LogP contribution in [0.25, 0.3) is 0 Å². The molecule has 0 aliphatic carbocycles. The van der Waals surface area contributed by atoms with Gasteiger partial charge in [-0.05, 0) is 37.0 Å². The Morgan fingerprint density at radius 1 is 0.963 bits per heavy atom. The van der Waals surface area contributed by atoms with E-state index >= 15 is 0 Å². The fraction of sp³-hybridized carbons (Fsp3) is 0.304. The summed E-state index contributed by atoms with van der Waals surface area (Å²) in [5, 5.41) is 4.61. The van der Waals surface area contributed by atoms with Gasteiger partial charge in [0.05, 0.1) is 17.8 Å². The van der Waals surface area contributed by atoms with Crippen LogP contribution >= 0.6 is 0 Å². The number of carbonyl (C=O) groups is 1. The lowest BCUT2D eigenvalue weighted by Crippen LogP contribution is -2.27. The zero-order chi connectivity index (χ0) is 19.4. The molecule has 3 rings (SSSR count). The molecule has 0 spiro atoms. The molecular weight excluding hydrogens is 334 g/mol. The average molecular weight is 361 g/mol. The van der Waals surface area contributed by atoms with Gasteiger partial charge in [0.1, 0.15) is 0 Å². The zero-order valence-corrected chi connectivity index (χ0v) is 16.6. The van der Waals surface area contributed by atoms with E-state index in [0.29, 0.717) is 18.7 Å². The molecule has 0 bridgehead atoms. The summed E-state index contributed by atoms with van der Waals surface area (Å²) in [5.74, 6) is 0.0175. The Hall–Kier alpha value is -2.88. The number of carbonyl (C=O) groups excluding carboxylic acids is 1. The lowest BCUT2D eigenvalue weighted by molar-refractivity contribution is 0.0783. The maximum absolute atomic E-state index is 13.1. The van der Waals surface area contributed by atoms with Crippen LogP contribution in [-0.2, 0) is 19.5 Å². The van der Waals surface area contributed by atoms with Crippen LogP contribution in [0.3, 0.4) is 0 Å². The molecule has 0 aliphatic heterocycles. The predicted octanol–water partition coefficient (Wildman–Crippen LogP) is 4.38. The van der Waals surface area contributed by atoms with Gasteiger partial charge in [-0.15, -0.1) is 0 Å². The molecule has 2 aromatic carbocycles. The summed E-state index contributed by atoms with van der Waals surface area (Å²) in [6.07, 6.45) is 1.02. The topological polar surface area (TPSA) is 38.1 Å². The molecule has 0 saturated heterocycles. The van der Waals surface area contributed by atoms with Crippen molar-refractivity contribution in [3.05, 3.63) is 88.2 Å². The van der Waals surface area contributed by atoms with Gasteiger partial charge in [0.15, 0.2) is 0 Å². The number of nitrogens with zero attached hydrogens (tertiary/aromatic N) is 3. The number of amides is 1. The molecule has 4 heteroatoms. The van der Waals surface area contributed by atoms with Gasteiger partial charge < -0.3 is 4.90 Å². The monoisotopic (exact) mass is 361 g/mol. The van der Waals surface area contributed by atoms with Gasteiger partial charge in [-0.3, -0.25) is 9.48 Å². The molecule has 0 atom stereocenters. The van der Waals surface area contributed by atoms with Crippen molar-refractivity contribution in [1.82, 2.24) is 14.7 Å². The van der Waals surface area contributed by atoms with Crippen LogP contribution in [0, 0.1) is 13.8 Å².